The van der Waals surface area contributed by atoms with Crippen LogP contribution in [0.4, 0.5) is 5.69 Å². The first-order valence-electron chi connectivity index (χ1n) is 6.57. The number of hydrogen-bond donors (Lipinski definition) is 0. The smallest absolute Gasteiger partial charge is 0.276 e. The minimum Gasteiger partial charge on any atom is -0.287 e. The van der Waals surface area contributed by atoms with Gasteiger partial charge in [0.05, 0.1) is 15.4 Å². The monoisotopic (exact) mass is 305 g/mol. The second-order valence-corrected chi connectivity index (χ2v) is 5.24. The van der Waals surface area contributed by atoms with Crippen LogP contribution in [0.25, 0.3) is 6.08 Å². The zero-order chi connectivity index (χ0) is 15.4. The molecule has 0 aliphatic carbocycles. The number of likely N-dealkylation sites (N-methyl/N-ethyl adjacent to an activating group) is 1. The van der Waals surface area contributed by atoms with Gasteiger partial charge in [-0.25, -0.2) is 0 Å². The summed E-state index contributed by atoms with van der Waals surface area (Å²) in [6, 6.07) is 6.37. The lowest BCUT2D eigenvalue weighted by Gasteiger charge is -2.11. The summed E-state index contributed by atoms with van der Waals surface area (Å²) >= 11 is 1.26. The molecule has 0 radical (unpaired) electrons. The van der Waals surface area contributed by atoms with E-state index in [-0.39, 0.29) is 11.6 Å². The molecule has 1 amide bonds. The van der Waals surface area contributed by atoms with Crippen molar-refractivity contribution in [3.05, 3.63) is 44.8 Å². The van der Waals surface area contributed by atoms with Crippen LogP contribution in [0.15, 0.2) is 34.2 Å². The van der Waals surface area contributed by atoms with Gasteiger partial charge >= 0.3 is 0 Å². The van der Waals surface area contributed by atoms with Crippen molar-refractivity contribution in [2.45, 2.75) is 13.8 Å². The molecule has 0 saturated carbocycles. The van der Waals surface area contributed by atoms with Crippen LogP contribution in [0.1, 0.15) is 19.4 Å². The molecule has 1 aromatic rings. The average molecular weight is 305 g/mol. The Morgan fingerprint density at radius 1 is 1.38 bits per heavy atom. The number of nitro benzene ring substituents is 1. The topological polar surface area (TPSA) is 75.8 Å². The molecule has 0 atom stereocenters. The molecule has 0 bridgehead atoms. The molecule has 1 heterocycles. The first-order chi connectivity index (χ1) is 10.1. The van der Waals surface area contributed by atoms with Crippen molar-refractivity contribution >= 4 is 34.6 Å². The van der Waals surface area contributed by atoms with E-state index in [1.165, 1.54) is 17.8 Å². The Morgan fingerprint density at radius 2 is 2.10 bits per heavy atom. The molecule has 0 spiro atoms. The molecular formula is C14H15N3O3S. The fourth-order valence-electron chi connectivity index (χ4n) is 1.96. The Morgan fingerprint density at radius 3 is 2.71 bits per heavy atom. The molecule has 1 fully saturated rings. The second kappa shape index (κ2) is 6.53. The number of thioether (sulfide) groups is 1. The van der Waals surface area contributed by atoms with E-state index in [2.05, 4.69) is 4.99 Å². The van der Waals surface area contributed by atoms with Gasteiger partial charge in [-0.15, -0.1) is 0 Å². The van der Waals surface area contributed by atoms with Gasteiger partial charge in [0.25, 0.3) is 11.6 Å². The number of carbonyl (C=O) groups excluding carboxylic acids is 1. The normalized spacial score (nSPS) is 18.8. The van der Waals surface area contributed by atoms with Crippen molar-refractivity contribution in [3.8, 4) is 0 Å². The molecule has 1 aromatic carbocycles. The number of benzene rings is 1. The van der Waals surface area contributed by atoms with Gasteiger partial charge in [0.2, 0.25) is 0 Å². The van der Waals surface area contributed by atoms with Crippen LogP contribution in [0.2, 0.25) is 0 Å². The van der Waals surface area contributed by atoms with Gasteiger partial charge in [-0.1, -0.05) is 12.1 Å². The van der Waals surface area contributed by atoms with Gasteiger partial charge in [0.1, 0.15) is 0 Å². The average Bonchev–Trinajstić information content (AvgIpc) is 2.75. The Kier molecular flexibility index (Phi) is 4.74. The SMILES string of the molecule is CCN=C1S/C(=C\c2ccccc2[N+](=O)[O-])C(=O)N1CC. The van der Waals surface area contributed by atoms with E-state index >= 15 is 0 Å². The molecule has 0 aromatic heterocycles. The summed E-state index contributed by atoms with van der Waals surface area (Å²) in [5.41, 5.74) is 0.412. The maximum absolute atomic E-state index is 12.3. The van der Waals surface area contributed by atoms with E-state index < -0.39 is 4.92 Å². The summed E-state index contributed by atoms with van der Waals surface area (Å²) in [7, 11) is 0. The highest BCUT2D eigenvalue weighted by atomic mass is 32.2. The Hall–Kier alpha value is -2.15. The first-order valence-corrected chi connectivity index (χ1v) is 7.39. The highest BCUT2D eigenvalue weighted by Crippen LogP contribution is 2.33. The molecule has 0 N–H and O–H groups in total. The third kappa shape index (κ3) is 3.13. The first kappa shape index (κ1) is 15.2. The summed E-state index contributed by atoms with van der Waals surface area (Å²) < 4.78 is 0. The maximum atomic E-state index is 12.3. The third-order valence-electron chi connectivity index (χ3n) is 2.92. The largest absolute Gasteiger partial charge is 0.287 e. The van der Waals surface area contributed by atoms with Gasteiger partial charge in [0, 0.05) is 19.2 Å². The fraction of sp³-hybridized carbons (Fsp3) is 0.286. The maximum Gasteiger partial charge on any atom is 0.276 e. The van der Waals surface area contributed by atoms with Crippen molar-refractivity contribution in [1.29, 1.82) is 0 Å². The van der Waals surface area contributed by atoms with Gasteiger partial charge in [-0.3, -0.25) is 24.8 Å². The van der Waals surface area contributed by atoms with Gasteiger partial charge < -0.3 is 0 Å². The standard InChI is InChI=1S/C14H15N3O3S/c1-3-15-14-16(4-2)13(18)12(21-14)9-10-7-5-6-8-11(10)17(19)20/h5-9H,3-4H2,1-2H3/b12-9-,15-14?. The molecule has 2 rings (SSSR count). The lowest BCUT2D eigenvalue weighted by atomic mass is 10.1. The predicted molar refractivity (Wildman–Crippen MR) is 84.0 cm³/mol. The van der Waals surface area contributed by atoms with Gasteiger partial charge in [0.15, 0.2) is 5.17 Å². The summed E-state index contributed by atoms with van der Waals surface area (Å²) in [6.07, 6.45) is 1.56. The molecule has 6 nitrogen and oxygen atoms in total. The van der Waals surface area contributed by atoms with E-state index in [1.807, 2.05) is 13.8 Å². The molecule has 0 unspecified atom stereocenters. The Bertz CT molecular complexity index is 640. The van der Waals surface area contributed by atoms with E-state index in [1.54, 1.807) is 29.2 Å². The second-order valence-electron chi connectivity index (χ2n) is 4.23. The van der Waals surface area contributed by atoms with Crippen LogP contribution in [0.3, 0.4) is 0 Å². The highest BCUT2D eigenvalue weighted by molar-refractivity contribution is 8.18. The van der Waals surface area contributed by atoms with Crippen molar-refractivity contribution in [1.82, 2.24) is 4.90 Å². The number of hydrogen-bond acceptors (Lipinski definition) is 5. The molecule has 7 heteroatoms. The van der Waals surface area contributed by atoms with Crippen molar-refractivity contribution in [2.24, 2.45) is 4.99 Å². The van der Waals surface area contributed by atoms with Crippen molar-refractivity contribution in [2.75, 3.05) is 13.1 Å². The molecule has 21 heavy (non-hydrogen) atoms. The Labute approximate surface area is 126 Å². The number of aliphatic imine (C=N–C) groups is 1. The van der Waals surface area contributed by atoms with E-state index in [9.17, 15) is 14.9 Å². The van der Waals surface area contributed by atoms with Gasteiger partial charge in [-0.05, 0) is 37.8 Å². The number of rotatable bonds is 4. The third-order valence-corrected chi connectivity index (χ3v) is 3.96. The summed E-state index contributed by atoms with van der Waals surface area (Å²) in [5.74, 6) is -0.159. The predicted octanol–water partition coefficient (Wildman–Crippen LogP) is 2.91. The Balaban J connectivity index is 2.41. The van der Waals surface area contributed by atoms with E-state index in [4.69, 9.17) is 0 Å². The quantitative estimate of drug-likeness (QED) is 0.487. The lowest BCUT2D eigenvalue weighted by Crippen LogP contribution is -2.28. The highest BCUT2D eigenvalue weighted by Gasteiger charge is 2.32. The molecule has 1 aliphatic heterocycles. The molecule has 110 valence electrons. The van der Waals surface area contributed by atoms with Crippen LogP contribution in [-0.2, 0) is 4.79 Å². The zero-order valence-corrected chi connectivity index (χ0v) is 12.6. The van der Waals surface area contributed by atoms with Crippen LogP contribution in [0.5, 0.6) is 0 Å². The van der Waals surface area contributed by atoms with Crippen molar-refractivity contribution in [3.63, 3.8) is 0 Å². The number of para-hydroxylation sites is 1. The number of carbonyl (C=O) groups is 1. The minimum absolute atomic E-state index is 0.0117. The number of amides is 1. The molecule has 1 saturated heterocycles. The molecule has 1 aliphatic rings. The van der Waals surface area contributed by atoms with Crippen LogP contribution < -0.4 is 0 Å². The zero-order valence-electron chi connectivity index (χ0n) is 11.8. The number of nitrogens with zero attached hydrogens (tertiary/aromatic N) is 3. The van der Waals surface area contributed by atoms with Gasteiger partial charge in [-0.2, -0.15) is 0 Å². The lowest BCUT2D eigenvalue weighted by molar-refractivity contribution is -0.385. The van der Waals surface area contributed by atoms with Crippen LogP contribution >= 0.6 is 11.8 Å². The van der Waals surface area contributed by atoms with Crippen LogP contribution in [0, 0.1) is 10.1 Å². The summed E-state index contributed by atoms with van der Waals surface area (Å²) in [6.45, 7) is 4.89. The summed E-state index contributed by atoms with van der Waals surface area (Å²) in [5, 5.41) is 11.7. The fourth-order valence-corrected chi connectivity index (χ4v) is 3.05. The minimum atomic E-state index is -0.449. The number of nitro groups is 1. The van der Waals surface area contributed by atoms with E-state index in [0.29, 0.717) is 28.7 Å². The summed E-state index contributed by atoms with van der Waals surface area (Å²) in [4.78, 5) is 29.2. The van der Waals surface area contributed by atoms with Crippen molar-refractivity contribution < 1.29 is 9.72 Å². The molecular weight excluding hydrogens is 290 g/mol. The van der Waals surface area contributed by atoms with Crippen LogP contribution in [-0.4, -0.2) is 34.0 Å². The number of amidine groups is 1. The van der Waals surface area contributed by atoms with E-state index in [0.717, 1.165) is 0 Å².